The Hall–Kier alpha value is -3.67. The molecule has 31 heavy (non-hydrogen) atoms. The smallest absolute Gasteiger partial charge is 0.338 e. The zero-order valence-corrected chi connectivity index (χ0v) is 18.0. The average Bonchev–Trinajstić information content (AvgIpc) is 3.06. The van der Waals surface area contributed by atoms with Crippen LogP contribution in [0.25, 0.3) is 0 Å². The van der Waals surface area contributed by atoms with Gasteiger partial charge in [0, 0.05) is 11.3 Å². The summed E-state index contributed by atoms with van der Waals surface area (Å²) >= 11 is 0. The van der Waals surface area contributed by atoms with Crippen LogP contribution in [0.2, 0.25) is 0 Å². The standard InChI is InChI=1S/C25H25NO5/c1-15-22(17(3)27)16(2)26-23(15)24(28)18(4)31-25(29)20-12-10-19(11-13-20)14-30-21-8-6-5-7-9-21/h5-13,18,26H,14H2,1-4H3/t18-/m1/s1. The second kappa shape index (κ2) is 9.43. The van der Waals surface area contributed by atoms with Crippen LogP contribution in [-0.2, 0) is 11.3 Å². The summed E-state index contributed by atoms with van der Waals surface area (Å²) < 4.78 is 11.1. The van der Waals surface area contributed by atoms with Gasteiger partial charge in [-0.25, -0.2) is 4.79 Å². The van der Waals surface area contributed by atoms with Gasteiger partial charge in [-0.05, 0) is 63.1 Å². The Morgan fingerprint density at radius 2 is 1.61 bits per heavy atom. The van der Waals surface area contributed by atoms with Crippen LogP contribution in [0.15, 0.2) is 54.6 Å². The van der Waals surface area contributed by atoms with Crippen molar-refractivity contribution in [3.05, 3.63) is 88.2 Å². The summed E-state index contributed by atoms with van der Waals surface area (Å²) in [6, 6.07) is 16.3. The third-order valence-corrected chi connectivity index (χ3v) is 5.03. The Kier molecular flexibility index (Phi) is 6.70. The number of para-hydroxylation sites is 1. The van der Waals surface area contributed by atoms with Crippen LogP contribution in [0.1, 0.15) is 61.9 Å². The van der Waals surface area contributed by atoms with E-state index >= 15 is 0 Å². The summed E-state index contributed by atoms with van der Waals surface area (Å²) in [5, 5.41) is 0. The van der Waals surface area contributed by atoms with Gasteiger partial charge in [0.15, 0.2) is 11.9 Å². The predicted octanol–water partition coefficient (Wildman–Crippen LogP) is 4.84. The van der Waals surface area contributed by atoms with Crippen LogP contribution in [0.4, 0.5) is 0 Å². The molecule has 0 amide bonds. The minimum Gasteiger partial charge on any atom is -0.489 e. The van der Waals surface area contributed by atoms with Crippen LogP contribution in [0, 0.1) is 13.8 Å². The molecule has 0 radical (unpaired) electrons. The number of ketones is 2. The zero-order chi connectivity index (χ0) is 22.5. The number of aromatic nitrogens is 1. The van der Waals surface area contributed by atoms with Crippen molar-refractivity contribution in [2.45, 2.75) is 40.4 Å². The van der Waals surface area contributed by atoms with E-state index in [0.29, 0.717) is 29.0 Å². The molecular formula is C25H25NO5. The fourth-order valence-corrected chi connectivity index (χ4v) is 3.43. The van der Waals surface area contributed by atoms with Crippen LogP contribution >= 0.6 is 0 Å². The Morgan fingerprint density at radius 1 is 0.968 bits per heavy atom. The summed E-state index contributed by atoms with van der Waals surface area (Å²) in [4.78, 5) is 40.0. The lowest BCUT2D eigenvalue weighted by molar-refractivity contribution is 0.0317. The molecule has 0 unspecified atom stereocenters. The van der Waals surface area contributed by atoms with Gasteiger partial charge in [0.1, 0.15) is 12.4 Å². The van der Waals surface area contributed by atoms with E-state index in [4.69, 9.17) is 9.47 Å². The van der Waals surface area contributed by atoms with Gasteiger partial charge in [0.25, 0.3) is 0 Å². The highest BCUT2D eigenvalue weighted by molar-refractivity contribution is 6.05. The Labute approximate surface area is 181 Å². The quantitative estimate of drug-likeness (QED) is 0.417. The number of rotatable bonds is 8. The molecule has 0 spiro atoms. The maximum Gasteiger partial charge on any atom is 0.338 e. The van der Waals surface area contributed by atoms with E-state index in [2.05, 4.69) is 4.98 Å². The normalized spacial score (nSPS) is 11.6. The van der Waals surface area contributed by atoms with E-state index in [0.717, 1.165) is 11.3 Å². The number of aromatic amines is 1. The summed E-state index contributed by atoms with van der Waals surface area (Å²) in [5.74, 6) is -0.328. The van der Waals surface area contributed by atoms with E-state index in [1.165, 1.54) is 13.8 Å². The highest BCUT2D eigenvalue weighted by atomic mass is 16.5. The zero-order valence-electron chi connectivity index (χ0n) is 18.0. The van der Waals surface area contributed by atoms with Gasteiger partial charge in [-0.1, -0.05) is 30.3 Å². The van der Waals surface area contributed by atoms with Crippen molar-refractivity contribution in [3.63, 3.8) is 0 Å². The summed E-state index contributed by atoms with van der Waals surface area (Å²) in [6.07, 6.45) is -0.995. The van der Waals surface area contributed by atoms with Crippen molar-refractivity contribution in [1.29, 1.82) is 0 Å². The third-order valence-electron chi connectivity index (χ3n) is 5.03. The van der Waals surface area contributed by atoms with Gasteiger partial charge < -0.3 is 14.5 Å². The Morgan fingerprint density at radius 3 is 2.19 bits per heavy atom. The number of carbonyl (C=O) groups excluding carboxylic acids is 3. The predicted molar refractivity (Wildman–Crippen MR) is 117 cm³/mol. The first-order chi connectivity index (χ1) is 14.8. The van der Waals surface area contributed by atoms with Crippen molar-refractivity contribution < 1.29 is 23.9 Å². The van der Waals surface area contributed by atoms with Crippen molar-refractivity contribution in [2.75, 3.05) is 0 Å². The number of nitrogens with one attached hydrogen (secondary N) is 1. The number of ether oxygens (including phenoxy) is 2. The number of carbonyl (C=O) groups is 3. The number of benzene rings is 2. The minimum atomic E-state index is -0.995. The molecule has 3 rings (SSSR count). The molecule has 0 aliphatic heterocycles. The number of aryl methyl sites for hydroxylation is 1. The van der Waals surface area contributed by atoms with Crippen LogP contribution in [0.5, 0.6) is 5.75 Å². The highest BCUT2D eigenvalue weighted by Gasteiger charge is 2.26. The van der Waals surface area contributed by atoms with E-state index < -0.39 is 12.1 Å². The third kappa shape index (κ3) is 5.09. The molecule has 1 atom stereocenters. The van der Waals surface area contributed by atoms with Gasteiger partial charge in [-0.15, -0.1) is 0 Å². The average molecular weight is 419 g/mol. The molecule has 1 N–H and O–H groups in total. The number of Topliss-reactive ketones (excluding diaryl/α,β-unsaturated/α-hetero) is 2. The molecular weight excluding hydrogens is 394 g/mol. The lowest BCUT2D eigenvalue weighted by Gasteiger charge is -2.13. The number of H-pyrrole nitrogens is 1. The molecule has 160 valence electrons. The fraction of sp³-hybridized carbons (Fsp3) is 0.240. The second-order valence-electron chi connectivity index (χ2n) is 7.39. The molecule has 0 bridgehead atoms. The van der Waals surface area contributed by atoms with Crippen molar-refractivity contribution in [3.8, 4) is 5.75 Å². The molecule has 6 heteroatoms. The molecule has 0 fully saturated rings. The summed E-state index contributed by atoms with van der Waals surface area (Å²) in [7, 11) is 0. The summed E-state index contributed by atoms with van der Waals surface area (Å²) in [6.45, 7) is 6.79. The molecule has 0 saturated carbocycles. The van der Waals surface area contributed by atoms with Gasteiger partial charge in [-0.2, -0.15) is 0 Å². The van der Waals surface area contributed by atoms with Crippen molar-refractivity contribution in [1.82, 2.24) is 4.98 Å². The number of esters is 1. The van der Waals surface area contributed by atoms with Gasteiger partial charge in [0.2, 0.25) is 5.78 Å². The first kappa shape index (κ1) is 22.0. The number of hydrogen-bond acceptors (Lipinski definition) is 5. The van der Waals surface area contributed by atoms with Crippen molar-refractivity contribution >= 4 is 17.5 Å². The molecule has 0 aliphatic carbocycles. The van der Waals surface area contributed by atoms with Crippen LogP contribution in [0.3, 0.4) is 0 Å². The first-order valence-corrected chi connectivity index (χ1v) is 10.00. The van der Waals surface area contributed by atoms with Gasteiger partial charge >= 0.3 is 5.97 Å². The minimum absolute atomic E-state index is 0.119. The Bertz CT molecular complexity index is 1100. The maximum absolute atomic E-state index is 12.8. The first-order valence-electron chi connectivity index (χ1n) is 10.00. The van der Waals surface area contributed by atoms with Crippen LogP contribution in [-0.4, -0.2) is 28.6 Å². The molecule has 0 aliphatic rings. The Balaban J connectivity index is 1.62. The monoisotopic (exact) mass is 419 g/mol. The molecule has 3 aromatic rings. The molecule has 1 heterocycles. The molecule has 1 aromatic heterocycles. The number of hydrogen-bond donors (Lipinski definition) is 1. The lowest BCUT2D eigenvalue weighted by atomic mass is 10.0. The molecule has 6 nitrogen and oxygen atoms in total. The fourth-order valence-electron chi connectivity index (χ4n) is 3.43. The summed E-state index contributed by atoms with van der Waals surface area (Å²) in [5.41, 5.74) is 3.22. The molecule has 0 saturated heterocycles. The lowest BCUT2D eigenvalue weighted by Crippen LogP contribution is -2.25. The van der Waals surface area contributed by atoms with Crippen molar-refractivity contribution in [2.24, 2.45) is 0 Å². The van der Waals surface area contributed by atoms with Crippen LogP contribution < -0.4 is 4.74 Å². The van der Waals surface area contributed by atoms with E-state index in [9.17, 15) is 14.4 Å². The van der Waals surface area contributed by atoms with E-state index in [-0.39, 0.29) is 17.3 Å². The largest absolute Gasteiger partial charge is 0.489 e. The SMILES string of the molecule is CC(=O)c1c(C)[nH]c(C(=O)[C@@H](C)OC(=O)c2ccc(COc3ccccc3)cc2)c1C. The van der Waals surface area contributed by atoms with Gasteiger partial charge in [0.05, 0.1) is 11.3 Å². The highest BCUT2D eigenvalue weighted by Crippen LogP contribution is 2.21. The second-order valence-corrected chi connectivity index (χ2v) is 7.39. The molecule has 2 aromatic carbocycles. The maximum atomic E-state index is 12.8. The topological polar surface area (TPSA) is 85.5 Å². The van der Waals surface area contributed by atoms with E-state index in [1.807, 2.05) is 30.3 Å². The van der Waals surface area contributed by atoms with E-state index in [1.54, 1.807) is 38.1 Å². The van der Waals surface area contributed by atoms with Gasteiger partial charge in [-0.3, -0.25) is 9.59 Å².